The topological polar surface area (TPSA) is 62.4 Å². The molecule has 0 aliphatic rings. The minimum Gasteiger partial charge on any atom is -0.411 e. The van der Waals surface area contributed by atoms with Crippen LogP contribution in [0.5, 0.6) is 0 Å². The predicted octanol–water partition coefficient (Wildman–Crippen LogP) is 3.45. The summed E-state index contributed by atoms with van der Waals surface area (Å²) in [4.78, 5) is 2.28. The van der Waals surface area contributed by atoms with Gasteiger partial charge in [0.05, 0.1) is 5.60 Å². The maximum atomic E-state index is 9.72. The van der Waals surface area contributed by atoms with Crippen molar-refractivity contribution in [2.75, 3.05) is 23.7 Å². The van der Waals surface area contributed by atoms with E-state index in [1.807, 2.05) is 12.1 Å². The zero-order valence-electron chi connectivity index (χ0n) is 13.5. The molecular formula is C16H23N3O2S. The molecule has 1 heterocycles. The molecule has 0 amide bonds. The molecule has 1 N–H and O–H groups in total. The molecule has 1 aromatic heterocycles. The Morgan fingerprint density at radius 3 is 2.32 bits per heavy atom. The van der Waals surface area contributed by atoms with Crippen LogP contribution in [-0.2, 0) is 0 Å². The van der Waals surface area contributed by atoms with Gasteiger partial charge in [0.25, 0.3) is 5.22 Å². The van der Waals surface area contributed by atoms with E-state index in [1.165, 1.54) is 17.4 Å². The molecule has 0 bridgehead atoms. The Morgan fingerprint density at radius 1 is 1.14 bits per heavy atom. The highest BCUT2D eigenvalue weighted by Crippen LogP contribution is 2.26. The summed E-state index contributed by atoms with van der Waals surface area (Å²) in [5, 5.41) is 18.3. The molecule has 0 atom stereocenters. The highest BCUT2D eigenvalue weighted by Gasteiger charge is 2.16. The van der Waals surface area contributed by atoms with E-state index in [-0.39, 0.29) is 0 Å². The van der Waals surface area contributed by atoms with E-state index >= 15 is 0 Å². The standard InChI is InChI=1S/C16H23N3O2S/c1-5-19(6-2)13-9-7-12(8-10-13)14-17-18-15(21-14)22-11-16(3,4)20/h7-10,20H,5-6,11H2,1-4H3. The third-order valence-corrected chi connectivity index (χ3v) is 4.46. The van der Waals surface area contributed by atoms with Crippen LogP contribution in [0.1, 0.15) is 27.7 Å². The fourth-order valence-corrected chi connectivity index (χ4v) is 2.74. The fraction of sp³-hybridized carbons (Fsp3) is 0.500. The summed E-state index contributed by atoms with van der Waals surface area (Å²) in [6.07, 6.45) is 0. The van der Waals surface area contributed by atoms with Gasteiger partial charge in [-0.1, -0.05) is 11.8 Å². The van der Waals surface area contributed by atoms with Crippen molar-refractivity contribution in [2.45, 2.75) is 38.5 Å². The van der Waals surface area contributed by atoms with Gasteiger partial charge in [-0.15, -0.1) is 10.2 Å². The number of anilines is 1. The van der Waals surface area contributed by atoms with Gasteiger partial charge in [-0.25, -0.2) is 0 Å². The Hall–Kier alpha value is -1.53. The van der Waals surface area contributed by atoms with Gasteiger partial charge in [-0.3, -0.25) is 0 Å². The van der Waals surface area contributed by atoms with E-state index in [1.54, 1.807) is 13.8 Å². The largest absolute Gasteiger partial charge is 0.411 e. The van der Waals surface area contributed by atoms with E-state index in [4.69, 9.17) is 4.42 Å². The smallest absolute Gasteiger partial charge is 0.276 e. The molecule has 120 valence electrons. The van der Waals surface area contributed by atoms with Gasteiger partial charge in [0.15, 0.2) is 0 Å². The molecular weight excluding hydrogens is 298 g/mol. The van der Waals surface area contributed by atoms with Crippen molar-refractivity contribution in [2.24, 2.45) is 0 Å². The third-order valence-electron chi connectivity index (χ3n) is 3.20. The molecule has 2 aromatic rings. The van der Waals surface area contributed by atoms with Gasteiger partial charge in [0.2, 0.25) is 5.89 Å². The number of benzene rings is 1. The Bertz CT molecular complexity index is 586. The number of hydrogen-bond donors (Lipinski definition) is 1. The van der Waals surface area contributed by atoms with Crippen LogP contribution in [0.3, 0.4) is 0 Å². The zero-order chi connectivity index (χ0) is 16.2. The van der Waals surface area contributed by atoms with Crippen molar-refractivity contribution < 1.29 is 9.52 Å². The lowest BCUT2D eigenvalue weighted by Crippen LogP contribution is -2.21. The minimum atomic E-state index is -0.759. The number of aromatic nitrogens is 2. The van der Waals surface area contributed by atoms with Crippen molar-refractivity contribution in [1.82, 2.24) is 10.2 Å². The number of aliphatic hydroxyl groups is 1. The zero-order valence-corrected chi connectivity index (χ0v) is 14.4. The summed E-state index contributed by atoms with van der Waals surface area (Å²) in [6, 6.07) is 8.11. The lowest BCUT2D eigenvalue weighted by Gasteiger charge is -2.20. The van der Waals surface area contributed by atoms with E-state index in [2.05, 4.69) is 41.1 Å². The number of rotatable bonds is 7. The molecule has 2 rings (SSSR count). The van der Waals surface area contributed by atoms with E-state index in [9.17, 15) is 5.11 Å². The number of nitrogens with zero attached hydrogens (tertiary/aromatic N) is 3. The Kier molecular flexibility index (Phi) is 5.47. The van der Waals surface area contributed by atoms with Crippen LogP contribution in [0.25, 0.3) is 11.5 Å². The molecule has 0 saturated carbocycles. The molecule has 0 spiro atoms. The first-order valence-corrected chi connectivity index (χ1v) is 8.45. The summed E-state index contributed by atoms with van der Waals surface area (Å²) in [7, 11) is 0. The summed E-state index contributed by atoms with van der Waals surface area (Å²) in [5.41, 5.74) is 1.33. The minimum absolute atomic E-state index is 0.477. The molecule has 0 aliphatic carbocycles. The average Bonchev–Trinajstić information content (AvgIpc) is 2.95. The Balaban J connectivity index is 2.07. The Morgan fingerprint density at radius 2 is 1.77 bits per heavy atom. The van der Waals surface area contributed by atoms with Crippen LogP contribution in [0.2, 0.25) is 0 Å². The van der Waals surface area contributed by atoms with E-state index in [0.29, 0.717) is 16.9 Å². The molecule has 22 heavy (non-hydrogen) atoms. The van der Waals surface area contributed by atoms with Gasteiger partial charge in [0.1, 0.15) is 0 Å². The molecule has 0 radical (unpaired) electrons. The van der Waals surface area contributed by atoms with Gasteiger partial charge >= 0.3 is 0 Å². The molecule has 6 heteroatoms. The second-order valence-electron chi connectivity index (χ2n) is 5.69. The summed E-state index contributed by atoms with van der Waals surface area (Å²) >= 11 is 1.36. The third kappa shape index (κ3) is 4.48. The SMILES string of the molecule is CCN(CC)c1ccc(-c2nnc(SCC(C)(C)O)o2)cc1. The second kappa shape index (κ2) is 7.15. The number of hydrogen-bond acceptors (Lipinski definition) is 6. The van der Waals surface area contributed by atoms with Crippen LogP contribution in [0, 0.1) is 0 Å². The highest BCUT2D eigenvalue weighted by atomic mass is 32.2. The number of thioether (sulfide) groups is 1. The molecule has 1 aromatic carbocycles. The van der Waals surface area contributed by atoms with E-state index in [0.717, 1.165) is 18.7 Å². The van der Waals surface area contributed by atoms with Crippen molar-refractivity contribution in [3.8, 4) is 11.5 Å². The van der Waals surface area contributed by atoms with Crippen molar-refractivity contribution in [3.63, 3.8) is 0 Å². The second-order valence-corrected chi connectivity index (χ2v) is 6.62. The van der Waals surface area contributed by atoms with Gasteiger partial charge in [0, 0.05) is 30.1 Å². The quantitative estimate of drug-likeness (QED) is 0.788. The molecule has 5 nitrogen and oxygen atoms in total. The molecule has 0 fully saturated rings. The van der Waals surface area contributed by atoms with Gasteiger partial charge in [-0.05, 0) is 52.0 Å². The van der Waals surface area contributed by atoms with Crippen LogP contribution in [0.4, 0.5) is 5.69 Å². The predicted molar refractivity (Wildman–Crippen MR) is 90.3 cm³/mol. The van der Waals surface area contributed by atoms with Crippen LogP contribution < -0.4 is 4.90 Å². The normalized spacial score (nSPS) is 11.7. The highest BCUT2D eigenvalue weighted by molar-refractivity contribution is 7.99. The summed E-state index contributed by atoms with van der Waals surface area (Å²) in [6.45, 7) is 9.75. The first-order chi connectivity index (χ1) is 10.4. The fourth-order valence-electron chi connectivity index (χ4n) is 2.03. The molecule has 0 aliphatic heterocycles. The Labute approximate surface area is 135 Å². The first-order valence-electron chi connectivity index (χ1n) is 7.47. The van der Waals surface area contributed by atoms with Gasteiger partial charge in [-0.2, -0.15) is 0 Å². The maximum absolute atomic E-state index is 9.72. The molecule has 0 saturated heterocycles. The monoisotopic (exact) mass is 321 g/mol. The first kappa shape index (κ1) is 16.8. The van der Waals surface area contributed by atoms with E-state index < -0.39 is 5.60 Å². The van der Waals surface area contributed by atoms with Crippen LogP contribution in [0.15, 0.2) is 33.9 Å². The lowest BCUT2D eigenvalue weighted by molar-refractivity contribution is 0.106. The summed E-state index contributed by atoms with van der Waals surface area (Å²) < 4.78 is 5.63. The van der Waals surface area contributed by atoms with Crippen molar-refractivity contribution in [3.05, 3.63) is 24.3 Å². The lowest BCUT2D eigenvalue weighted by atomic mass is 10.2. The molecule has 0 unspecified atom stereocenters. The van der Waals surface area contributed by atoms with Crippen LogP contribution in [-0.4, -0.2) is 39.7 Å². The van der Waals surface area contributed by atoms with Crippen molar-refractivity contribution in [1.29, 1.82) is 0 Å². The van der Waals surface area contributed by atoms with Crippen molar-refractivity contribution >= 4 is 17.4 Å². The van der Waals surface area contributed by atoms with Gasteiger partial charge < -0.3 is 14.4 Å². The maximum Gasteiger partial charge on any atom is 0.276 e. The summed E-state index contributed by atoms with van der Waals surface area (Å²) in [5.74, 6) is 1.01. The average molecular weight is 321 g/mol. The van der Waals surface area contributed by atoms with Crippen LogP contribution >= 0.6 is 11.8 Å².